The van der Waals surface area contributed by atoms with Gasteiger partial charge in [0.15, 0.2) is 0 Å². The summed E-state index contributed by atoms with van der Waals surface area (Å²) in [5, 5.41) is 3.42. The number of amides is 1. The van der Waals surface area contributed by atoms with Crippen LogP contribution in [-0.4, -0.2) is 43.0 Å². The van der Waals surface area contributed by atoms with Crippen molar-refractivity contribution in [2.75, 3.05) is 20.1 Å². The van der Waals surface area contributed by atoms with Gasteiger partial charge in [0.25, 0.3) is 0 Å². The lowest BCUT2D eigenvalue weighted by Crippen LogP contribution is -2.43. The Morgan fingerprint density at radius 1 is 1.19 bits per heavy atom. The van der Waals surface area contributed by atoms with E-state index >= 15 is 0 Å². The van der Waals surface area contributed by atoms with Gasteiger partial charge in [0.05, 0.1) is 0 Å². The number of hydrogen-bond donors (Lipinski definition) is 3. The maximum Gasteiger partial charge on any atom is 0.225 e. The van der Waals surface area contributed by atoms with Gasteiger partial charge in [0.1, 0.15) is 0 Å². The van der Waals surface area contributed by atoms with E-state index < -0.39 is 0 Å². The monoisotopic (exact) mass is 380 g/mol. The fourth-order valence-electron chi connectivity index (χ4n) is 4.07. The van der Waals surface area contributed by atoms with Gasteiger partial charge in [-0.05, 0) is 51.1 Å². The third kappa shape index (κ3) is 5.68. The van der Waals surface area contributed by atoms with Crippen molar-refractivity contribution in [2.24, 2.45) is 5.92 Å². The number of halogens is 1. The first-order valence-electron chi connectivity index (χ1n) is 9.68. The molecule has 5 nitrogen and oxygen atoms in total. The van der Waals surface area contributed by atoms with Crippen LogP contribution in [0.2, 0.25) is 0 Å². The van der Waals surface area contributed by atoms with Crippen LogP contribution in [0.25, 0.3) is 0 Å². The highest BCUT2D eigenvalue weighted by Crippen LogP contribution is 2.24. The summed E-state index contributed by atoms with van der Waals surface area (Å²) in [4.78, 5) is 14.5. The molecule has 0 spiro atoms. The molecule has 146 valence electrons. The first-order chi connectivity index (χ1) is 12.1. The fraction of sp³-hybridized carbons (Fsp3) is 0.650. The van der Waals surface area contributed by atoms with Crippen LogP contribution in [0.4, 0.5) is 0 Å². The fourth-order valence-corrected chi connectivity index (χ4v) is 4.07. The summed E-state index contributed by atoms with van der Waals surface area (Å²) < 4.78 is 0. The number of piperidine rings is 1. The van der Waals surface area contributed by atoms with Crippen molar-refractivity contribution in [3.63, 3.8) is 0 Å². The van der Waals surface area contributed by atoms with E-state index in [1.165, 1.54) is 5.56 Å². The van der Waals surface area contributed by atoms with Gasteiger partial charge in [-0.2, -0.15) is 0 Å². The lowest BCUT2D eigenvalue weighted by atomic mass is 9.92. The molecular formula is C20H33ClN4O. The van der Waals surface area contributed by atoms with E-state index in [0.29, 0.717) is 24.0 Å². The second-order valence-corrected chi connectivity index (χ2v) is 7.66. The van der Waals surface area contributed by atoms with E-state index in [0.717, 1.165) is 45.2 Å². The molecule has 2 aliphatic rings. The molecule has 0 aliphatic carbocycles. The summed E-state index contributed by atoms with van der Waals surface area (Å²) in [7, 11) is 1.96. The number of carbonyl (C=O) groups excluding carboxylic acids is 1. The van der Waals surface area contributed by atoms with Crippen molar-refractivity contribution < 1.29 is 4.79 Å². The molecule has 6 heteroatoms. The van der Waals surface area contributed by atoms with E-state index in [1.807, 2.05) is 11.9 Å². The second-order valence-electron chi connectivity index (χ2n) is 7.66. The Morgan fingerprint density at radius 2 is 1.96 bits per heavy atom. The van der Waals surface area contributed by atoms with Crippen LogP contribution in [-0.2, 0) is 4.79 Å². The molecule has 0 aromatic heterocycles. The van der Waals surface area contributed by atoms with Crippen LogP contribution in [0.3, 0.4) is 0 Å². The standard InChI is InChI=1S/C20H32N4O.ClH/c1-15-13-17(10-11-21-15)20(25)24(2)12-6-9-18-14-19(23-22-18)16-7-4-3-5-8-16;/h3-5,7-8,15,17-19,21-23H,6,9-14H2,1-2H3;1H/t15-,17-,18?,19?;/m0./s1. The zero-order valence-corrected chi connectivity index (χ0v) is 16.7. The Bertz CT molecular complexity index is 556. The number of hydrazine groups is 1. The zero-order chi connectivity index (χ0) is 17.6. The van der Waals surface area contributed by atoms with E-state index in [-0.39, 0.29) is 18.3 Å². The average molecular weight is 381 g/mol. The predicted octanol–water partition coefficient (Wildman–Crippen LogP) is 2.64. The third-order valence-corrected chi connectivity index (χ3v) is 5.58. The summed E-state index contributed by atoms with van der Waals surface area (Å²) >= 11 is 0. The van der Waals surface area contributed by atoms with Crippen LogP contribution in [0.15, 0.2) is 30.3 Å². The molecule has 3 N–H and O–H groups in total. The van der Waals surface area contributed by atoms with Crippen molar-refractivity contribution in [3.8, 4) is 0 Å². The molecule has 0 bridgehead atoms. The SMILES string of the molecule is C[C@H]1C[C@@H](C(=O)N(C)CCCC2CC(c3ccccc3)NN2)CCN1.Cl. The largest absolute Gasteiger partial charge is 0.346 e. The molecule has 3 rings (SSSR count). The number of benzene rings is 1. The van der Waals surface area contributed by atoms with Gasteiger partial charge >= 0.3 is 0 Å². The van der Waals surface area contributed by atoms with Crippen molar-refractivity contribution in [1.82, 2.24) is 21.1 Å². The Labute approximate surface area is 163 Å². The molecule has 2 unspecified atom stereocenters. The highest BCUT2D eigenvalue weighted by atomic mass is 35.5. The molecule has 2 saturated heterocycles. The highest BCUT2D eigenvalue weighted by molar-refractivity contribution is 5.85. The normalized spacial score (nSPS) is 28.4. The van der Waals surface area contributed by atoms with E-state index in [9.17, 15) is 4.79 Å². The minimum atomic E-state index is 0. The second kappa shape index (κ2) is 10.3. The van der Waals surface area contributed by atoms with Gasteiger partial charge < -0.3 is 10.2 Å². The molecule has 2 aliphatic heterocycles. The van der Waals surface area contributed by atoms with Gasteiger partial charge in [-0.3, -0.25) is 15.6 Å². The van der Waals surface area contributed by atoms with E-state index in [2.05, 4.69) is 53.4 Å². The van der Waals surface area contributed by atoms with Crippen LogP contribution in [0.1, 0.15) is 50.6 Å². The first kappa shape index (κ1) is 21.2. The van der Waals surface area contributed by atoms with Gasteiger partial charge in [0, 0.05) is 37.6 Å². The quantitative estimate of drug-likeness (QED) is 0.710. The van der Waals surface area contributed by atoms with Crippen molar-refractivity contribution in [3.05, 3.63) is 35.9 Å². The molecule has 2 fully saturated rings. The van der Waals surface area contributed by atoms with Crippen LogP contribution >= 0.6 is 12.4 Å². The van der Waals surface area contributed by atoms with Gasteiger partial charge in [-0.1, -0.05) is 30.3 Å². The number of rotatable bonds is 6. The number of nitrogens with zero attached hydrogens (tertiary/aromatic N) is 1. The molecule has 0 radical (unpaired) electrons. The molecule has 0 saturated carbocycles. The highest BCUT2D eigenvalue weighted by Gasteiger charge is 2.28. The molecule has 26 heavy (non-hydrogen) atoms. The smallest absolute Gasteiger partial charge is 0.225 e. The van der Waals surface area contributed by atoms with Crippen LogP contribution < -0.4 is 16.2 Å². The average Bonchev–Trinajstić information content (AvgIpc) is 3.10. The van der Waals surface area contributed by atoms with Gasteiger partial charge in [-0.25, -0.2) is 0 Å². The van der Waals surface area contributed by atoms with Crippen LogP contribution in [0, 0.1) is 5.92 Å². The lowest BCUT2D eigenvalue weighted by Gasteiger charge is -2.30. The third-order valence-electron chi connectivity index (χ3n) is 5.58. The summed E-state index contributed by atoms with van der Waals surface area (Å²) in [6.07, 6.45) is 5.18. The van der Waals surface area contributed by atoms with Crippen molar-refractivity contribution in [1.29, 1.82) is 0 Å². The number of hydrogen-bond acceptors (Lipinski definition) is 4. The number of carbonyl (C=O) groups is 1. The first-order valence-corrected chi connectivity index (χ1v) is 9.68. The molecule has 1 amide bonds. The summed E-state index contributed by atoms with van der Waals surface area (Å²) in [5.74, 6) is 0.531. The molecule has 1 aromatic rings. The topological polar surface area (TPSA) is 56.4 Å². The summed E-state index contributed by atoms with van der Waals surface area (Å²) in [6.45, 7) is 3.98. The molecule has 4 atom stereocenters. The number of nitrogens with one attached hydrogen (secondary N) is 3. The summed E-state index contributed by atoms with van der Waals surface area (Å²) in [5.41, 5.74) is 8.16. The minimum absolute atomic E-state index is 0. The van der Waals surface area contributed by atoms with Crippen LogP contribution in [0.5, 0.6) is 0 Å². The lowest BCUT2D eigenvalue weighted by molar-refractivity contribution is -0.135. The predicted molar refractivity (Wildman–Crippen MR) is 108 cm³/mol. The van der Waals surface area contributed by atoms with E-state index in [1.54, 1.807) is 0 Å². The van der Waals surface area contributed by atoms with Crippen molar-refractivity contribution >= 4 is 18.3 Å². The van der Waals surface area contributed by atoms with E-state index in [4.69, 9.17) is 0 Å². The van der Waals surface area contributed by atoms with Crippen molar-refractivity contribution in [2.45, 2.75) is 57.2 Å². The maximum atomic E-state index is 12.6. The Hall–Kier alpha value is -1.14. The molecule has 2 heterocycles. The Balaban J connectivity index is 0.00000243. The zero-order valence-electron chi connectivity index (χ0n) is 15.9. The molecule has 1 aromatic carbocycles. The van der Waals surface area contributed by atoms with Gasteiger partial charge in [0.2, 0.25) is 5.91 Å². The Kier molecular flexibility index (Phi) is 8.35. The molecular weight excluding hydrogens is 348 g/mol. The Morgan fingerprint density at radius 3 is 2.69 bits per heavy atom. The van der Waals surface area contributed by atoms with Gasteiger partial charge in [-0.15, -0.1) is 12.4 Å². The minimum Gasteiger partial charge on any atom is -0.346 e. The maximum absolute atomic E-state index is 12.6. The summed E-state index contributed by atoms with van der Waals surface area (Å²) in [6, 6.07) is 11.9.